The van der Waals surface area contributed by atoms with Crippen molar-refractivity contribution < 1.29 is 75.0 Å². The minimum Gasteiger partial charge on any atom is -0.461 e. The summed E-state index contributed by atoms with van der Waals surface area (Å²) in [6.07, 6.45) is -7.62. The lowest BCUT2D eigenvalue weighted by atomic mass is 9.98. The zero-order valence-corrected chi connectivity index (χ0v) is 16.3. The SMILES string of the molecule is C=C(C)C(=O)OCCN(C)S(=O)(=O)C(F)(F)C(F)(F)C(F)(F)C(F)(F)C(F)(F)C(F)(F)F. The number of nitrogens with zero attached hydrogens (tertiary/aromatic N) is 1. The van der Waals surface area contributed by atoms with E-state index < -0.39 is 68.6 Å². The van der Waals surface area contributed by atoms with E-state index in [1.54, 1.807) is 0 Å². The van der Waals surface area contributed by atoms with Crippen LogP contribution in [0.2, 0.25) is 0 Å². The van der Waals surface area contributed by atoms with Crippen LogP contribution in [0, 0.1) is 0 Å². The number of rotatable bonds is 10. The maximum absolute atomic E-state index is 13.8. The average molecular weight is 525 g/mol. The molecule has 0 saturated carbocycles. The average Bonchev–Trinajstić information content (AvgIpc) is 2.59. The molecule has 0 fully saturated rings. The lowest BCUT2D eigenvalue weighted by Crippen LogP contribution is -2.71. The van der Waals surface area contributed by atoms with Crippen molar-refractivity contribution in [1.82, 2.24) is 4.31 Å². The second-order valence-electron chi connectivity index (χ2n) is 6.05. The number of carbonyl (C=O) groups excluding carboxylic acids is 1. The van der Waals surface area contributed by atoms with Crippen LogP contribution in [0.4, 0.5) is 57.1 Å². The van der Waals surface area contributed by atoms with Gasteiger partial charge in [-0.1, -0.05) is 6.58 Å². The van der Waals surface area contributed by atoms with E-state index in [1.165, 1.54) is 0 Å². The largest absolute Gasteiger partial charge is 0.461 e. The number of carbonyl (C=O) groups is 1. The summed E-state index contributed by atoms with van der Waals surface area (Å²) in [6, 6.07) is 0. The van der Waals surface area contributed by atoms with Crippen molar-refractivity contribution in [1.29, 1.82) is 0 Å². The van der Waals surface area contributed by atoms with Crippen LogP contribution in [-0.4, -0.2) is 74.0 Å². The third-order valence-corrected chi connectivity index (χ3v) is 5.53. The number of hydrogen-bond acceptors (Lipinski definition) is 4. The molecule has 19 heteroatoms. The Morgan fingerprint density at radius 3 is 1.53 bits per heavy atom. The van der Waals surface area contributed by atoms with Gasteiger partial charge in [0.25, 0.3) is 10.0 Å². The summed E-state index contributed by atoms with van der Waals surface area (Å²) >= 11 is 0. The van der Waals surface area contributed by atoms with Gasteiger partial charge in [-0.2, -0.15) is 61.4 Å². The summed E-state index contributed by atoms with van der Waals surface area (Å²) in [4.78, 5) is 11.0. The standard InChI is InChI=1S/C13H12F13NO4S/c1-6(2)7(28)31-5-4-27(3)32(29,30)13(25,26)11(20,21)9(16,17)8(14,15)10(18,19)12(22,23)24/h1,4-5H2,2-3H3. The summed E-state index contributed by atoms with van der Waals surface area (Å²) < 4.78 is 196. The van der Waals surface area contributed by atoms with Crippen LogP contribution in [0.1, 0.15) is 6.92 Å². The van der Waals surface area contributed by atoms with Crippen LogP contribution in [0.25, 0.3) is 0 Å². The highest BCUT2D eigenvalue weighted by Gasteiger charge is 2.92. The Morgan fingerprint density at radius 1 is 0.812 bits per heavy atom. The molecule has 32 heavy (non-hydrogen) atoms. The Bertz CT molecular complexity index is 835. The fourth-order valence-corrected chi connectivity index (χ4v) is 2.78. The van der Waals surface area contributed by atoms with Crippen LogP contribution >= 0.6 is 0 Å². The van der Waals surface area contributed by atoms with Crippen molar-refractivity contribution in [3.63, 3.8) is 0 Å². The first kappa shape index (κ1) is 30.2. The Hall–Kier alpha value is -1.79. The van der Waals surface area contributed by atoms with Crippen molar-refractivity contribution >= 4 is 16.0 Å². The van der Waals surface area contributed by atoms with E-state index in [4.69, 9.17) is 0 Å². The fourth-order valence-electron chi connectivity index (χ4n) is 1.62. The highest BCUT2D eigenvalue weighted by Crippen LogP contribution is 2.61. The molecule has 190 valence electrons. The van der Waals surface area contributed by atoms with Crippen LogP contribution in [-0.2, 0) is 19.6 Å². The van der Waals surface area contributed by atoms with E-state index in [0.717, 1.165) is 6.92 Å². The fraction of sp³-hybridized carbons (Fsp3) is 0.769. The van der Waals surface area contributed by atoms with Crippen LogP contribution < -0.4 is 0 Å². The Kier molecular flexibility index (Phi) is 8.05. The third kappa shape index (κ3) is 4.49. The highest BCUT2D eigenvalue weighted by molar-refractivity contribution is 7.90. The molecule has 0 aliphatic carbocycles. The van der Waals surface area contributed by atoms with E-state index in [2.05, 4.69) is 11.3 Å². The summed E-state index contributed by atoms with van der Waals surface area (Å²) in [5.41, 5.74) is -0.320. The van der Waals surface area contributed by atoms with Gasteiger partial charge >= 0.3 is 41.1 Å². The van der Waals surface area contributed by atoms with Gasteiger partial charge in [0.15, 0.2) is 0 Å². The Balaban J connectivity index is 6.21. The second kappa shape index (κ2) is 8.53. The molecule has 0 N–H and O–H groups in total. The van der Waals surface area contributed by atoms with E-state index >= 15 is 0 Å². The monoisotopic (exact) mass is 525 g/mol. The number of hydrogen-bond donors (Lipinski definition) is 0. The lowest BCUT2D eigenvalue weighted by Gasteiger charge is -2.39. The molecule has 0 aromatic carbocycles. The van der Waals surface area contributed by atoms with Gasteiger partial charge in [-0.15, -0.1) is 0 Å². The molecule has 0 atom stereocenters. The maximum Gasteiger partial charge on any atom is 0.460 e. The molecule has 0 aromatic rings. The van der Waals surface area contributed by atoms with Gasteiger partial charge in [-0.25, -0.2) is 13.2 Å². The van der Waals surface area contributed by atoms with Gasteiger partial charge in [0.1, 0.15) is 6.61 Å². The predicted molar refractivity (Wildman–Crippen MR) is 78.1 cm³/mol. The Labute approximate surface area is 170 Å². The van der Waals surface area contributed by atoms with Gasteiger partial charge in [-0.3, -0.25) is 0 Å². The van der Waals surface area contributed by atoms with Crippen LogP contribution in [0.5, 0.6) is 0 Å². The van der Waals surface area contributed by atoms with E-state index in [1.807, 2.05) is 0 Å². The van der Waals surface area contributed by atoms with Crippen molar-refractivity contribution in [2.75, 3.05) is 20.2 Å². The summed E-state index contributed by atoms with van der Waals surface area (Å²) in [6.45, 7) is 1.42. The minimum atomic E-state index is -8.25. The smallest absolute Gasteiger partial charge is 0.460 e. The predicted octanol–water partition coefficient (Wildman–Crippen LogP) is 4.06. The molecule has 0 bridgehead atoms. The molecule has 0 aliphatic rings. The molecule has 0 heterocycles. The van der Waals surface area contributed by atoms with Gasteiger partial charge in [-0.05, 0) is 6.92 Å². The van der Waals surface area contributed by atoms with Gasteiger partial charge < -0.3 is 4.74 Å². The van der Waals surface area contributed by atoms with Crippen LogP contribution in [0.3, 0.4) is 0 Å². The minimum absolute atomic E-state index is 0.0193. The van der Waals surface area contributed by atoms with Crippen molar-refractivity contribution in [2.45, 2.75) is 42.0 Å². The van der Waals surface area contributed by atoms with Crippen molar-refractivity contribution in [3.05, 3.63) is 12.2 Å². The van der Waals surface area contributed by atoms with E-state index in [0.29, 0.717) is 0 Å². The molecule has 0 unspecified atom stereocenters. The second-order valence-corrected chi connectivity index (χ2v) is 8.14. The molecule has 0 radical (unpaired) electrons. The summed E-state index contributed by atoms with van der Waals surface area (Å²) in [5, 5.41) is -7.35. The number of ether oxygens (including phenoxy) is 1. The van der Waals surface area contributed by atoms with Gasteiger partial charge in [0.2, 0.25) is 0 Å². The molecule has 0 spiro atoms. The quantitative estimate of drug-likeness (QED) is 0.245. The third-order valence-electron chi connectivity index (χ3n) is 3.63. The normalized spacial score (nSPS) is 15.1. The molecular formula is C13H12F13NO4S. The first-order valence-corrected chi connectivity index (χ1v) is 8.93. The van der Waals surface area contributed by atoms with Crippen molar-refractivity contribution in [2.24, 2.45) is 0 Å². The number of likely N-dealkylation sites (N-methyl/N-ethyl adjacent to an activating group) is 1. The van der Waals surface area contributed by atoms with Crippen LogP contribution in [0.15, 0.2) is 12.2 Å². The first-order chi connectivity index (χ1) is 13.7. The highest BCUT2D eigenvalue weighted by atomic mass is 32.2. The molecule has 0 aromatic heterocycles. The molecule has 5 nitrogen and oxygen atoms in total. The Morgan fingerprint density at radius 2 is 1.19 bits per heavy atom. The number of alkyl halides is 13. The summed E-state index contributed by atoms with van der Waals surface area (Å²) in [7, 11) is -7.16. The van der Waals surface area contributed by atoms with Gasteiger partial charge in [0.05, 0.1) is 0 Å². The number of halogens is 13. The van der Waals surface area contributed by atoms with Gasteiger partial charge in [0, 0.05) is 19.2 Å². The molecule has 0 amide bonds. The van der Waals surface area contributed by atoms with Crippen molar-refractivity contribution in [3.8, 4) is 0 Å². The maximum atomic E-state index is 13.8. The zero-order valence-electron chi connectivity index (χ0n) is 15.5. The van der Waals surface area contributed by atoms with E-state index in [9.17, 15) is 70.3 Å². The first-order valence-electron chi connectivity index (χ1n) is 7.49. The molecule has 0 aliphatic heterocycles. The summed E-state index contributed by atoms with van der Waals surface area (Å²) in [5.74, 6) is -33.7. The topological polar surface area (TPSA) is 63.7 Å². The number of esters is 1. The molecular weight excluding hydrogens is 513 g/mol. The lowest BCUT2D eigenvalue weighted by molar-refractivity contribution is -0.433. The van der Waals surface area contributed by atoms with E-state index in [-0.39, 0.29) is 12.6 Å². The number of sulfonamides is 1. The zero-order chi connectivity index (χ0) is 26.4. The molecule has 0 rings (SSSR count). The molecule has 0 saturated heterocycles.